The van der Waals surface area contributed by atoms with Gasteiger partial charge in [0.05, 0.1) is 13.2 Å². The number of ether oxygens (including phenoxy) is 1. The monoisotopic (exact) mass is 276 g/mol. The fraction of sp³-hybridized carbons (Fsp3) is 0.647. The Bertz CT molecular complexity index is 392. The highest BCUT2D eigenvalue weighted by atomic mass is 16.5. The number of hydrogen-bond donors (Lipinski definition) is 1. The average molecular weight is 276 g/mol. The fourth-order valence-electron chi connectivity index (χ4n) is 2.79. The highest BCUT2D eigenvalue weighted by Gasteiger charge is 2.17. The van der Waals surface area contributed by atoms with Gasteiger partial charge in [0.25, 0.3) is 0 Å². The molecule has 2 rings (SSSR count). The van der Waals surface area contributed by atoms with Crippen LogP contribution in [0.15, 0.2) is 24.3 Å². The summed E-state index contributed by atoms with van der Waals surface area (Å²) in [5.41, 5.74) is 3.02. The zero-order valence-electron chi connectivity index (χ0n) is 12.9. The molecule has 0 bridgehead atoms. The summed E-state index contributed by atoms with van der Waals surface area (Å²) < 4.78 is 5.65. The number of nitrogens with zero attached hydrogens (tertiary/aromatic N) is 1. The third-order valence-electron chi connectivity index (χ3n) is 3.94. The van der Waals surface area contributed by atoms with E-state index in [2.05, 4.69) is 48.6 Å². The maximum Gasteiger partial charge on any atom is 0.0593 e. The van der Waals surface area contributed by atoms with E-state index in [-0.39, 0.29) is 0 Å². The van der Waals surface area contributed by atoms with Crippen molar-refractivity contribution in [2.75, 3.05) is 40.4 Å². The second-order valence-electron chi connectivity index (χ2n) is 5.87. The molecule has 1 aliphatic carbocycles. The summed E-state index contributed by atoms with van der Waals surface area (Å²) in [5, 5.41) is 3.67. The first-order chi connectivity index (χ1) is 9.77. The molecule has 1 aromatic rings. The Balaban J connectivity index is 1.75. The molecule has 0 spiro atoms. The van der Waals surface area contributed by atoms with Gasteiger partial charge >= 0.3 is 0 Å². The molecule has 0 radical (unpaired) electrons. The van der Waals surface area contributed by atoms with E-state index in [1.807, 2.05) is 0 Å². The van der Waals surface area contributed by atoms with E-state index >= 15 is 0 Å². The van der Waals surface area contributed by atoms with Crippen molar-refractivity contribution in [3.63, 3.8) is 0 Å². The minimum Gasteiger partial charge on any atom is -0.379 e. The van der Waals surface area contributed by atoms with Crippen molar-refractivity contribution in [1.82, 2.24) is 10.2 Å². The van der Waals surface area contributed by atoms with Crippen LogP contribution in [-0.2, 0) is 11.2 Å². The first kappa shape index (κ1) is 15.5. The first-order valence-electron chi connectivity index (χ1n) is 7.81. The lowest BCUT2D eigenvalue weighted by molar-refractivity contribution is 0.117. The zero-order chi connectivity index (χ0) is 14.2. The van der Waals surface area contributed by atoms with Crippen molar-refractivity contribution in [1.29, 1.82) is 0 Å². The Hall–Kier alpha value is -0.900. The fourth-order valence-corrected chi connectivity index (χ4v) is 2.79. The van der Waals surface area contributed by atoms with Gasteiger partial charge in [-0.1, -0.05) is 30.7 Å². The third kappa shape index (κ3) is 4.89. The highest BCUT2D eigenvalue weighted by Crippen LogP contribution is 2.28. The molecule has 112 valence electrons. The molecule has 0 heterocycles. The van der Waals surface area contributed by atoms with Crippen molar-refractivity contribution in [3.8, 4) is 0 Å². The minimum absolute atomic E-state index is 0.506. The molecule has 0 aliphatic heterocycles. The van der Waals surface area contributed by atoms with Crippen LogP contribution in [0.1, 0.15) is 36.4 Å². The lowest BCUT2D eigenvalue weighted by atomic mass is 9.99. The predicted octanol–water partition coefficient (Wildman–Crippen LogP) is 2.62. The lowest BCUT2D eigenvalue weighted by Crippen LogP contribution is -2.27. The molecule has 0 amide bonds. The van der Waals surface area contributed by atoms with Gasteiger partial charge in [-0.15, -0.1) is 0 Å². The summed E-state index contributed by atoms with van der Waals surface area (Å²) in [6.07, 6.45) is 5.10. The van der Waals surface area contributed by atoms with Crippen molar-refractivity contribution in [2.45, 2.75) is 31.7 Å². The molecule has 0 saturated heterocycles. The van der Waals surface area contributed by atoms with E-state index in [4.69, 9.17) is 4.74 Å². The number of aryl methyl sites for hydroxylation is 1. The lowest BCUT2D eigenvalue weighted by Gasteiger charge is -2.19. The molecule has 20 heavy (non-hydrogen) atoms. The Morgan fingerprint density at radius 2 is 2.05 bits per heavy atom. The van der Waals surface area contributed by atoms with Crippen LogP contribution in [0.2, 0.25) is 0 Å². The average Bonchev–Trinajstić information content (AvgIpc) is 2.65. The summed E-state index contributed by atoms with van der Waals surface area (Å²) in [5.74, 6) is 0. The van der Waals surface area contributed by atoms with Gasteiger partial charge in [0.2, 0.25) is 0 Å². The highest BCUT2D eigenvalue weighted by molar-refractivity contribution is 5.31. The standard InChI is InChI=1S/C17H28N2O/c1-19(2)12-14-20-13-11-18-17-10-6-4-8-15-7-3-5-9-16(15)17/h3,5,7,9,17-18H,4,6,8,10-14H2,1-2H3. The molecule has 1 atom stereocenters. The van der Waals surface area contributed by atoms with Gasteiger partial charge in [-0.05, 0) is 44.5 Å². The van der Waals surface area contributed by atoms with Crippen molar-refractivity contribution >= 4 is 0 Å². The molecule has 1 aromatic carbocycles. The van der Waals surface area contributed by atoms with Gasteiger partial charge in [-0.3, -0.25) is 0 Å². The molecule has 0 aromatic heterocycles. The van der Waals surface area contributed by atoms with Gasteiger partial charge in [0.15, 0.2) is 0 Å². The molecule has 3 heteroatoms. The molecular formula is C17H28N2O. The van der Waals surface area contributed by atoms with Gasteiger partial charge in [-0.2, -0.15) is 0 Å². The third-order valence-corrected chi connectivity index (χ3v) is 3.94. The molecule has 0 saturated carbocycles. The zero-order valence-corrected chi connectivity index (χ0v) is 12.9. The minimum atomic E-state index is 0.506. The van der Waals surface area contributed by atoms with Gasteiger partial charge < -0.3 is 15.0 Å². The van der Waals surface area contributed by atoms with Crippen molar-refractivity contribution in [2.24, 2.45) is 0 Å². The molecule has 1 aliphatic rings. The van der Waals surface area contributed by atoms with Gasteiger partial charge in [0, 0.05) is 19.1 Å². The van der Waals surface area contributed by atoms with Crippen LogP contribution in [-0.4, -0.2) is 45.3 Å². The van der Waals surface area contributed by atoms with Gasteiger partial charge in [0.1, 0.15) is 0 Å². The predicted molar refractivity (Wildman–Crippen MR) is 84.1 cm³/mol. The molecule has 1 unspecified atom stereocenters. The summed E-state index contributed by atoms with van der Waals surface area (Å²) in [6, 6.07) is 9.39. The second kappa shape index (κ2) is 8.40. The Kier molecular flexibility index (Phi) is 6.51. The van der Waals surface area contributed by atoms with Crippen LogP contribution in [0.3, 0.4) is 0 Å². The number of hydrogen-bond acceptors (Lipinski definition) is 3. The van der Waals surface area contributed by atoms with Crippen molar-refractivity contribution < 1.29 is 4.74 Å². The van der Waals surface area contributed by atoms with E-state index in [9.17, 15) is 0 Å². The van der Waals surface area contributed by atoms with Crippen molar-refractivity contribution in [3.05, 3.63) is 35.4 Å². The van der Waals surface area contributed by atoms with Crippen LogP contribution in [0.5, 0.6) is 0 Å². The second-order valence-corrected chi connectivity index (χ2v) is 5.87. The van der Waals surface area contributed by atoms with Gasteiger partial charge in [-0.25, -0.2) is 0 Å². The van der Waals surface area contributed by atoms with Crippen LogP contribution in [0, 0.1) is 0 Å². The number of fused-ring (bicyclic) bond motifs is 1. The Labute approximate surface area is 123 Å². The topological polar surface area (TPSA) is 24.5 Å². The normalized spacial score (nSPS) is 18.9. The van der Waals surface area contributed by atoms with Crippen LogP contribution in [0.25, 0.3) is 0 Å². The van der Waals surface area contributed by atoms with Crippen LogP contribution in [0.4, 0.5) is 0 Å². The number of benzene rings is 1. The maximum absolute atomic E-state index is 5.65. The van der Waals surface area contributed by atoms with E-state index in [1.54, 1.807) is 0 Å². The molecule has 1 N–H and O–H groups in total. The Morgan fingerprint density at radius 1 is 1.20 bits per heavy atom. The van der Waals surface area contributed by atoms with E-state index in [1.165, 1.54) is 36.8 Å². The molecule has 0 fully saturated rings. The largest absolute Gasteiger partial charge is 0.379 e. The number of likely N-dealkylation sites (N-methyl/N-ethyl adjacent to an activating group) is 1. The van der Waals surface area contributed by atoms with Crippen LogP contribution >= 0.6 is 0 Å². The molecule has 3 nitrogen and oxygen atoms in total. The number of nitrogens with one attached hydrogen (secondary N) is 1. The SMILES string of the molecule is CN(C)CCOCCNC1CCCCc2ccccc21. The van der Waals surface area contributed by atoms with E-state index in [0.29, 0.717) is 6.04 Å². The number of rotatable bonds is 7. The smallest absolute Gasteiger partial charge is 0.0593 e. The molecular weight excluding hydrogens is 248 g/mol. The quantitative estimate of drug-likeness (QED) is 0.612. The summed E-state index contributed by atoms with van der Waals surface area (Å²) >= 11 is 0. The maximum atomic E-state index is 5.65. The summed E-state index contributed by atoms with van der Waals surface area (Å²) in [6.45, 7) is 3.54. The van der Waals surface area contributed by atoms with E-state index in [0.717, 1.165) is 26.3 Å². The van der Waals surface area contributed by atoms with E-state index < -0.39 is 0 Å². The first-order valence-corrected chi connectivity index (χ1v) is 7.81. The Morgan fingerprint density at radius 3 is 2.90 bits per heavy atom. The van der Waals surface area contributed by atoms with Crippen LogP contribution < -0.4 is 5.32 Å². The summed E-state index contributed by atoms with van der Waals surface area (Å²) in [4.78, 5) is 2.15. The summed E-state index contributed by atoms with van der Waals surface area (Å²) in [7, 11) is 4.15.